The Morgan fingerprint density at radius 1 is 0.758 bits per heavy atom. The predicted octanol–water partition coefficient (Wildman–Crippen LogP) is 5.67. The van der Waals surface area contributed by atoms with Crippen molar-refractivity contribution in [2.45, 2.75) is 0 Å². The molecule has 33 heavy (non-hydrogen) atoms. The van der Waals surface area contributed by atoms with E-state index in [1.54, 1.807) is 39.5 Å². The fourth-order valence-corrected chi connectivity index (χ4v) is 3.17. The van der Waals surface area contributed by atoms with Crippen molar-refractivity contribution in [2.75, 3.05) is 39.1 Å². The van der Waals surface area contributed by atoms with Crippen LogP contribution >= 0.6 is 0 Å². The number of methoxy groups -OCH3 is 4. The maximum absolute atomic E-state index is 13.4. The van der Waals surface area contributed by atoms with E-state index in [4.69, 9.17) is 18.9 Å². The van der Waals surface area contributed by atoms with Crippen molar-refractivity contribution in [1.82, 2.24) is 0 Å². The van der Waals surface area contributed by atoms with Crippen LogP contribution in [-0.4, -0.2) is 34.5 Å². The molecule has 0 heterocycles. The van der Waals surface area contributed by atoms with Gasteiger partial charge in [0.05, 0.1) is 34.1 Å². The molecule has 7 nitrogen and oxygen atoms in total. The van der Waals surface area contributed by atoms with Gasteiger partial charge in [0.15, 0.2) is 11.5 Å². The Morgan fingerprint density at radius 2 is 1.42 bits per heavy atom. The minimum Gasteiger partial charge on any atom is -0.495 e. The maximum atomic E-state index is 13.4. The van der Waals surface area contributed by atoms with E-state index in [1.807, 2.05) is 30.4 Å². The van der Waals surface area contributed by atoms with Crippen LogP contribution in [0.2, 0.25) is 0 Å². The van der Waals surface area contributed by atoms with Crippen molar-refractivity contribution in [3.63, 3.8) is 0 Å². The molecule has 0 aliphatic rings. The number of carbonyl (C=O) groups excluding carboxylic acids is 1. The number of hydrogen-bond acceptors (Lipinski definition) is 5. The largest absolute Gasteiger partial charge is 0.495 e. The zero-order valence-electron chi connectivity index (χ0n) is 18.8. The molecule has 3 aromatic rings. The average molecular weight is 452 g/mol. The lowest BCUT2D eigenvalue weighted by Gasteiger charge is -2.13. The van der Waals surface area contributed by atoms with E-state index >= 15 is 0 Å². The second kappa shape index (κ2) is 10.9. The van der Waals surface area contributed by atoms with Crippen molar-refractivity contribution in [2.24, 2.45) is 0 Å². The first-order valence-electron chi connectivity index (χ1n) is 9.97. The van der Waals surface area contributed by atoms with Crippen LogP contribution in [0, 0.1) is 5.82 Å². The third-order valence-corrected chi connectivity index (χ3v) is 4.71. The van der Waals surface area contributed by atoms with Crippen molar-refractivity contribution < 1.29 is 28.1 Å². The van der Waals surface area contributed by atoms with E-state index in [2.05, 4.69) is 10.6 Å². The Labute approximate surface area is 191 Å². The summed E-state index contributed by atoms with van der Waals surface area (Å²) in [5.74, 6) is 1.64. The first-order valence-corrected chi connectivity index (χ1v) is 9.97. The third kappa shape index (κ3) is 5.94. The van der Waals surface area contributed by atoms with E-state index in [1.165, 1.54) is 25.3 Å². The topological polar surface area (TPSA) is 78.1 Å². The smallest absolute Gasteiger partial charge is 0.323 e. The molecule has 172 valence electrons. The van der Waals surface area contributed by atoms with Gasteiger partial charge >= 0.3 is 6.03 Å². The molecule has 8 heteroatoms. The van der Waals surface area contributed by atoms with Gasteiger partial charge in [-0.05, 0) is 53.6 Å². The highest BCUT2D eigenvalue weighted by Crippen LogP contribution is 2.38. The summed E-state index contributed by atoms with van der Waals surface area (Å²) in [5.41, 5.74) is 2.44. The van der Waals surface area contributed by atoms with Crippen LogP contribution in [0.4, 0.5) is 20.6 Å². The van der Waals surface area contributed by atoms with E-state index in [9.17, 15) is 9.18 Å². The summed E-state index contributed by atoms with van der Waals surface area (Å²) in [7, 11) is 6.17. The summed E-state index contributed by atoms with van der Waals surface area (Å²) in [5, 5.41) is 5.32. The summed E-state index contributed by atoms with van der Waals surface area (Å²) in [6.07, 6.45) is 3.75. The number of anilines is 2. The fourth-order valence-electron chi connectivity index (χ4n) is 3.17. The van der Waals surface area contributed by atoms with Gasteiger partial charge in [-0.15, -0.1) is 0 Å². The second-order valence-electron chi connectivity index (χ2n) is 6.84. The molecular formula is C25H25FN2O5. The molecule has 0 fully saturated rings. The number of benzene rings is 3. The van der Waals surface area contributed by atoms with Gasteiger partial charge in [0.2, 0.25) is 5.75 Å². The van der Waals surface area contributed by atoms with Crippen molar-refractivity contribution in [1.29, 1.82) is 0 Å². The first-order chi connectivity index (χ1) is 16.0. The van der Waals surface area contributed by atoms with Crippen LogP contribution in [0.5, 0.6) is 23.0 Å². The monoisotopic (exact) mass is 452 g/mol. The Bertz CT molecular complexity index is 1140. The van der Waals surface area contributed by atoms with Crippen LogP contribution in [0.25, 0.3) is 12.2 Å². The predicted molar refractivity (Wildman–Crippen MR) is 127 cm³/mol. The number of urea groups is 1. The molecule has 0 aliphatic carbocycles. The number of ether oxygens (including phenoxy) is 4. The number of hydrogen-bond donors (Lipinski definition) is 2. The summed E-state index contributed by atoms with van der Waals surface area (Å²) in [6, 6.07) is 14.1. The van der Waals surface area contributed by atoms with Crippen LogP contribution < -0.4 is 29.6 Å². The van der Waals surface area contributed by atoms with Crippen LogP contribution in [-0.2, 0) is 0 Å². The number of rotatable bonds is 8. The molecule has 3 aromatic carbocycles. The zero-order chi connectivity index (χ0) is 23.8. The van der Waals surface area contributed by atoms with Crippen molar-refractivity contribution in [3.05, 3.63) is 71.5 Å². The quantitative estimate of drug-likeness (QED) is 0.430. The Morgan fingerprint density at radius 3 is 2.03 bits per heavy atom. The molecule has 2 N–H and O–H groups in total. The molecule has 0 aromatic heterocycles. The lowest BCUT2D eigenvalue weighted by atomic mass is 10.1. The lowest BCUT2D eigenvalue weighted by molar-refractivity contribution is 0.262. The second-order valence-corrected chi connectivity index (χ2v) is 6.84. The Kier molecular flexibility index (Phi) is 7.75. The van der Waals surface area contributed by atoms with E-state index < -0.39 is 11.8 Å². The fraction of sp³-hybridized carbons (Fsp3) is 0.160. The summed E-state index contributed by atoms with van der Waals surface area (Å²) >= 11 is 0. The van der Waals surface area contributed by atoms with Crippen LogP contribution in [0.3, 0.4) is 0 Å². The summed E-state index contributed by atoms with van der Waals surface area (Å²) in [4.78, 5) is 12.4. The van der Waals surface area contributed by atoms with Gasteiger partial charge in [-0.3, -0.25) is 0 Å². The third-order valence-electron chi connectivity index (χ3n) is 4.71. The van der Waals surface area contributed by atoms with Crippen LogP contribution in [0.15, 0.2) is 54.6 Å². The highest BCUT2D eigenvalue weighted by atomic mass is 19.1. The minimum absolute atomic E-state index is 0.338. The van der Waals surface area contributed by atoms with Crippen LogP contribution in [0.1, 0.15) is 11.1 Å². The number of carbonyl (C=O) groups is 1. The molecule has 0 aliphatic heterocycles. The highest BCUT2D eigenvalue weighted by Gasteiger charge is 2.12. The van der Waals surface area contributed by atoms with E-state index in [0.29, 0.717) is 34.4 Å². The molecular weight excluding hydrogens is 427 g/mol. The van der Waals surface area contributed by atoms with Gasteiger partial charge in [0.25, 0.3) is 0 Å². The highest BCUT2D eigenvalue weighted by molar-refractivity contribution is 6.01. The number of amides is 2. The van der Waals surface area contributed by atoms with E-state index in [-0.39, 0.29) is 0 Å². The van der Waals surface area contributed by atoms with Gasteiger partial charge in [-0.2, -0.15) is 0 Å². The van der Waals surface area contributed by atoms with E-state index in [0.717, 1.165) is 11.1 Å². The molecule has 0 bridgehead atoms. The maximum Gasteiger partial charge on any atom is 0.323 e. The summed E-state index contributed by atoms with van der Waals surface area (Å²) < 4.78 is 34.8. The first kappa shape index (κ1) is 23.5. The normalized spacial score (nSPS) is 10.6. The molecule has 0 saturated heterocycles. The molecule has 3 rings (SSSR count). The van der Waals surface area contributed by atoms with Crippen molar-refractivity contribution in [3.8, 4) is 23.0 Å². The van der Waals surface area contributed by atoms with Gasteiger partial charge < -0.3 is 29.6 Å². The van der Waals surface area contributed by atoms with Crippen molar-refractivity contribution >= 4 is 29.6 Å². The minimum atomic E-state index is -0.523. The zero-order valence-corrected chi connectivity index (χ0v) is 18.8. The Hall–Kier alpha value is -4.20. The van der Waals surface area contributed by atoms with Gasteiger partial charge in [0, 0.05) is 5.69 Å². The average Bonchev–Trinajstić information content (AvgIpc) is 2.82. The molecule has 0 spiro atoms. The molecule has 2 amide bonds. The van der Waals surface area contributed by atoms with Gasteiger partial charge in [-0.1, -0.05) is 24.3 Å². The molecule has 0 radical (unpaired) electrons. The molecule has 0 atom stereocenters. The van der Waals surface area contributed by atoms with Gasteiger partial charge in [-0.25, -0.2) is 9.18 Å². The SMILES string of the molecule is COc1ccc(/C=C\c2cc(OC)c(OC)c(OC)c2)cc1NC(=O)Nc1cccc(F)c1. The number of nitrogens with one attached hydrogen (secondary N) is 2. The van der Waals surface area contributed by atoms with Gasteiger partial charge in [0.1, 0.15) is 11.6 Å². The molecule has 0 saturated carbocycles. The number of halogens is 1. The molecule has 0 unspecified atom stereocenters. The Balaban J connectivity index is 1.82. The summed E-state index contributed by atoms with van der Waals surface area (Å²) in [6.45, 7) is 0. The lowest BCUT2D eigenvalue weighted by Crippen LogP contribution is -2.19. The standard InChI is InChI=1S/C25H25FN2O5/c1-30-21-11-10-16(8-9-17-13-22(31-2)24(33-4)23(14-17)32-3)12-20(21)28-25(29)27-19-7-5-6-18(26)15-19/h5-15H,1-4H3,(H2,27,28,29)/b9-8-.